The number of nitrogens with zero attached hydrogens (tertiary/aromatic N) is 1. The molecule has 2 atom stereocenters. The van der Waals surface area contributed by atoms with Crippen LogP contribution in [0.15, 0.2) is 0 Å². The number of unbranched alkanes of at least 4 members (excludes halogenated alkanes) is 2. The smallest absolute Gasteiger partial charge is 0.0733 e. The lowest BCUT2D eigenvalue weighted by atomic mass is 9.87. The van der Waals surface area contributed by atoms with Crippen molar-refractivity contribution in [1.82, 2.24) is 0 Å². The van der Waals surface area contributed by atoms with E-state index in [0.717, 1.165) is 25.9 Å². The van der Waals surface area contributed by atoms with Crippen LogP contribution in [0.5, 0.6) is 0 Å². The van der Waals surface area contributed by atoms with Crippen LogP contribution in [0.4, 0.5) is 0 Å². The molecule has 0 radical (unpaired) electrons. The minimum atomic E-state index is 0.158. The van der Waals surface area contributed by atoms with Gasteiger partial charge in [-0.15, -0.1) is 0 Å². The van der Waals surface area contributed by atoms with Crippen molar-refractivity contribution in [2.75, 3.05) is 6.61 Å². The number of hydrogen-bond acceptors (Lipinski definition) is 2. The summed E-state index contributed by atoms with van der Waals surface area (Å²) in [6.07, 6.45) is 8.40. The number of hydrogen-bond donors (Lipinski definition) is 0. The van der Waals surface area contributed by atoms with Crippen molar-refractivity contribution >= 4 is 0 Å². The van der Waals surface area contributed by atoms with Gasteiger partial charge in [0, 0.05) is 6.61 Å². The van der Waals surface area contributed by atoms with Crippen molar-refractivity contribution in [3.05, 3.63) is 0 Å². The number of nitriles is 1. The van der Waals surface area contributed by atoms with Crippen molar-refractivity contribution in [2.45, 2.75) is 58.0 Å². The molecule has 0 aromatic rings. The Morgan fingerprint density at radius 2 is 2.07 bits per heavy atom. The van der Waals surface area contributed by atoms with Gasteiger partial charge in [-0.05, 0) is 19.3 Å². The van der Waals surface area contributed by atoms with Gasteiger partial charge >= 0.3 is 0 Å². The normalized spacial score (nSPS) is 27.1. The van der Waals surface area contributed by atoms with Gasteiger partial charge < -0.3 is 4.74 Å². The number of rotatable bonds is 5. The van der Waals surface area contributed by atoms with E-state index in [9.17, 15) is 0 Å². The third-order valence-electron chi connectivity index (χ3n) is 2.95. The second kappa shape index (κ2) is 6.84. The summed E-state index contributed by atoms with van der Waals surface area (Å²) in [4.78, 5) is 0. The van der Waals surface area contributed by atoms with E-state index in [1.165, 1.54) is 25.7 Å². The Balaban J connectivity index is 2.17. The first-order chi connectivity index (χ1) is 6.88. The Bertz CT molecular complexity index is 185. The van der Waals surface area contributed by atoms with Crippen molar-refractivity contribution < 1.29 is 4.74 Å². The Morgan fingerprint density at radius 1 is 1.29 bits per heavy atom. The van der Waals surface area contributed by atoms with E-state index in [1.807, 2.05) is 0 Å². The molecule has 14 heavy (non-hydrogen) atoms. The quantitative estimate of drug-likeness (QED) is 0.631. The van der Waals surface area contributed by atoms with Crippen LogP contribution in [0.25, 0.3) is 0 Å². The molecule has 80 valence electrons. The van der Waals surface area contributed by atoms with Gasteiger partial charge in [0.25, 0.3) is 0 Å². The third-order valence-corrected chi connectivity index (χ3v) is 2.95. The second-order valence-corrected chi connectivity index (χ2v) is 4.14. The van der Waals surface area contributed by atoms with Crippen LogP contribution < -0.4 is 0 Å². The summed E-state index contributed by atoms with van der Waals surface area (Å²) in [5.41, 5.74) is 0. The van der Waals surface area contributed by atoms with Crippen LogP contribution >= 0.6 is 0 Å². The number of ether oxygens (including phenoxy) is 1. The standard InChI is InChI=1S/C12H21NO/c1-2-3-6-9-14-12-8-5-4-7-11(12)10-13/h11-12H,2-9H2,1H3. The molecule has 2 unspecified atom stereocenters. The fourth-order valence-electron chi connectivity index (χ4n) is 2.03. The molecule has 2 heteroatoms. The van der Waals surface area contributed by atoms with Gasteiger partial charge in [-0.25, -0.2) is 0 Å². The van der Waals surface area contributed by atoms with E-state index >= 15 is 0 Å². The maximum Gasteiger partial charge on any atom is 0.0733 e. The van der Waals surface area contributed by atoms with E-state index in [-0.39, 0.29) is 12.0 Å². The molecule has 0 aromatic heterocycles. The van der Waals surface area contributed by atoms with Crippen LogP contribution in [0, 0.1) is 17.2 Å². The Labute approximate surface area is 87.3 Å². The summed E-state index contributed by atoms with van der Waals surface area (Å²) in [5.74, 6) is 0.158. The third kappa shape index (κ3) is 3.67. The van der Waals surface area contributed by atoms with E-state index in [1.54, 1.807) is 0 Å². The van der Waals surface area contributed by atoms with Gasteiger partial charge in [-0.1, -0.05) is 32.6 Å². The average molecular weight is 195 g/mol. The maximum absolute atomic E-state index is 8.93. The lowest BCUT2D eigenvalue weighted by Crippen LogP contribution is -2.27. The van der Waals surface area contributed by atoms with Crippen molar-refractivity contribution in [2.24, 2.45) is 5.92 Å². The van der Waals surface area contributed by atoms with Gasteiger partial charge in [0.1, 0.15) is 0 Å². The molecule has 1 rings (SSSR count). The summed E-state index contributed by atoms with van der Waals surface area (Å²) >= 11 is 0. The van der Waals surface area contributed by atoms with Crippen molar-refractivity contribution in [1.29, 1.82) is 5.26 Å². The highest BCUT2D eigenvalue weighted by Gasteiger charge is 2.25. The van der Waals surface area contributed by atoms with Crippen LogP contribution in [0.3, 0.4) is 0 Å². The first-order valence-electron chi connectivity index (χ1n) is 5.89. The molecule has 0 aliphatic heterocycles. The van der Waals surface area contributed by atoms with Gasteiger partial charge in [-0.3, -0.25) is 0 Å². The Kier molecular flexibility index (Phi) is 5.63. The highest BCUT2D eigenvalue weighted by molar-refractivity contribution is 4.91. The van der Waals surface area contributed by atoms with E-state index < -0.39 is 0 Å². The van der Waals surface area contributed by atoms with Crippen molar-refractivity contribution in [3.63, 3.8) is 0 Å². The summed E-state index contributed by atoms with van der Waals surface area (Å²) in [7, 11) is 0. The molecule has 0 N–H and O–H groups in total. The summed E-state index contributed by atoms with van der Waals surface area (Å²) in [6, 6.07) is 2.37. The first-order valence-corrected chi connectivity index (χ1v) is 5.89. The topological polar surface area (TPSA) is 33.0 Å². The summed E-state index contributed by atoms with van der Waals surface area (Å²) in [6.45, 7) is 3.04. The van der Waals surface area contributed by atoms with Crippen LogP contribution in [-0.2, 0) is 4.74 Å². The molecule has 0 amide bonds. The fraction of sp³-hybridized carbons (Fsp3) is 0.917. The summed E-state index contributed by atoms with van der Waals surface area (Å²) < 4.78 is 5.77. The fourth-order valence-corrected chi connectivity index (χ4v) is 2.03. The van der Waals surface area contributed by atoms with Crippen LogP contribution in [0.2, 0.25) is 0 Å². The average Bonchev–Trinajstić information content (AvgIpc) is 2.25. The molecule has 0 aromatic carbocycles. The molecule has 2 nitrogen and oxygen atoms in total. The summed E-state index contributed by atoms with van der Waals surface area (Å²) in [5, 5.41) is 8.93. The monoisotopic (exact) mass is 195 g/mol. The zero-order chi connectivity index (χ0) is 10.2. The Morgan fingerprint density at radius 3 is 2.79 bits per heavy atom. The lowest BCUT2D eigenvalue weighted by Gasteiger charge is -2.26. The second-order valence-electron chi connectivity index (χ2n) is 4.14. The molecule has 0 heterocycles. The van der Waals surface area contributed by atoms with E-state index in [0.29, 0.717) is 0 Å². The van der Waals surface area contributed by atoms with Crippen LogP contribution in [-0.4, -0.2) is 12.7 Å². The molecule has 1 fully saturated rings. The molecule has 0 bridgehead atoms. The predicted octanol–water partition coefficient (Wildman–Crippen LogP) is 3.28. The molecular weight excluding hydrogens is 174 g/mol. The first kappa shape index (κ1) is 11.5. The molecule has 0 spiro atoms. The van der Waals surface area contributed by atoms with E-state index in [2.05, 4.69) is 13.0 Å². The lowest BCUT2D eigenvalue weighted by molar-refractivity contribution is 0.00432. The van der Waals surface area contributed by atoms with Gasteiger partial charge in [0.05, 0.1) is 18.1 Å². The predicted molar refractivity (Wildman–Crippen MR) is 56.8 cm³/mol. The van der Waals surface area contributed by atoms with Gasteiger partial charge in [0.2, 0.25) is 0 Å². The highest BCUT2D eigenvalue weighted by Crippen LogP contribution is 2.26. The molecule has 1 saturated carbocycles. The SMILES string of the molecule is CCCCCOC1CCCCC1C#N. The minimum Gasteiger partial charge on any atom is -0.377 e. The zero-order valence-corrected chi connectivity index (χ0v) is 9.17. The molecule has 1 aliphatic rings. The molecule has 1 aliphatic carbocycles. The van der Waals surface area contributed by atoms with Crippen LogP contribution in [0.1, 0.15) is 51.9 Å². The Hall–Kier alpha value is -0.550. The van der Waals surface area contributed by atoms with Gasteiger partial charge in [-0.2, -0.15) is 5.26 Å². The highest BCUT2D eigenvalue weighted by atomic mass is 16.5. The largest absolute Gasteiger partial charge is 0.377 e. The van der Waals surface area contributed by atoms with Crippen molar-refractivity contribution in [3.8, 4) is 6.07 Å². The molecule has 0 saturated heterocycles. The van der Waals surface area contributed by atoms with E-state index in [4.69, 9.17) is 10.00 Å². The maximum atomic E-state index is 8.93. The minimum absolute atomic E-state index is 0.158. The zero-order valence-electron chi connectivity index (χ0n) is 9.17. The van der Waals surface area contributed by atoms with Gasteiger partial charge in [0.15, 0.2) is 0 Å². The molecular formula is C12H21NO.